The van der Waals surface area contributed by atoms with E-state index in [0.29, 0.717) is 0 Å². The van der Waals surface area contributed by atoms with E-state index in [1.54, 1.807) is 0 Å². The molecule has 0 spiro atoms. The van der Waals surface area contributed by atoms with Crippen LogP contribution in [0.1, 0.15) is 205 Å². The molecule has 47 heavy (non-hydrogen) atoms. The summed E-state index contributed by atoms with van der Waals surface area (Å²) in [6, 6.07) is 18.2. The average Bonchev–Trinajstić information content (AvgIpc) is 3.09. The number of unbranched alkanes of at least 4 members (excludes halogenated alkanes) is 26. The highest BCUT2D eigenvalue weighted by atomic mass is 14.9. The lowest BCUT2D eigenvalue weighted by Gasteiger charge is -2.09. The van der Waals surface area contributed by atoms with Gasteiger partial charge in [0.2, 0.25) is 0 Å². The van der Waals surface area contributed by atoms with E-state index in [0.717, 1.165) is 19.5 Å². The van der Waals surface area contributed by atoms with Crippen molar-refractivity contribution in [2.45, 2.75) is 200 Å². The first-order chi connectivity index (χ1) is 23.3. The van der Waals surface area contributed by atoms with Crippen LogP contribution in [0.3, 0.4) is 0 Å². The second-order valence-electron chi connectivity index (χ2n) is 14.6. The van der Waals surface area contributed by atoms with Gasteiger partial charge in [0.15, 0.2) is 0 Å². The normalized spacial score (nSPS) is 11.3. The lowest BCUT2D eigenvalue weighted by Crippen LogP contribution is -2.02. The number of hydrogen-bond acceptors (Lipinski definition) is 2. The van der Waals surface area contributed by atoms with Gasteiger partial charge in [0.25, 0.3) is 0 Å². The lowest BCUT2D eigenvalue weighted by molar-refractivity contribution is 0.537. The zero-order valence-corrected chi connectivity index (χ0v) is 31.5. The highest BCUT2D eigenvalue weighted by molar-refractivity contribution is 5.47. The van der Waals surface area contributed by atoms with Crippen LogP contribution in [0.2, 0.25) is 0 Å². The molecule has 0 amide bonds. The van der Waals surface area contributed by atoms with Gasteiger partial charge in [-0.3, -0.25) is 0 Å². The number of anilines is 2. The molecule has 0 saturated carbocycles. The van der Waals surface area contributed by atoms with Gasteiger partial charge < -0.3 is 10.6 Å². The number of benzene rings is 2. The summed E-state index contributed by atoms with van der Waals surface area (Å²) in [5, 5.41) is 7.26. The van der Waals surface area contributed by atoms with Gasteiger partial charge in [0.05, 0.1) is 0 Å². The summed E-state index contributed by atoms with van der Waals surface area (Å²) in [4.78, 5) is 0. The molecule has 0 aromatic heterocycles. The zero-order chi connectivity index (χ0) is 33.3. The van der Waals surface area contributed by atoms with E-state index in [4.69, 9.17) is 0 Å². The molecule has 2 nitrogen and oxygen atoms in total. The lowest BCUT2D eigenvalue weighted by atomic mass is 10.0. The first-order valence-corrected chi connectivity index (χ1v) is 21.0. The van der Waals surface area contributed by atoms with Gasteiger partial charge in [-0.25, -0.2) is 0 Å². The quantitative estimate of drug-likeness (QED) is 0.0739. The van der Waals surface area contributed by atoms with Crippen molar-refractivity contribution >= 4 is 11.4 Å². The molecule has 2 aromatic rings. The van der Waals surface area contributed by atoms with Gasteiger partial charge >= 0.3 is 0 Å². The van der Waals surface area contributed by atoms with Gasteiger partial charge in [0.1, 0.15) is 0 Å². The van der Waals surface area contributed by atoms with Gasteiger partial charge in [-0.1, -0.05) is 205 Å². The predicted molar refractivity (Wildman–Crippen MR) is 213 cm³/mol. The second-order valence-corrected chi connectivity index (χ2v) is 14.6. The van der Waals surface area contributed by atoms with Gasteiger partial charge in [0, 0.05) is 24.5 Å². The third kappa shape index (κ3) is 24.8. The summed E-state index contributed by atoms with van der Waals surface area (Å²) in [5.74, 6) is 0. The fraction of sp³-hybridized carbons (Fsp3) is 0.733. The first kappa shape index (κ1) is 41.2. The summed E-state index contributed by atoms with van der Waals surface area (Å²) in [6.45, 7) is 6.78. The Labute approximate surface area is 294 Å². The third-order valence-corrected chi connectivity index (χ3v) is 10.0. The van der Waals surface area contributed by atoms with Crippen LogP contribution in [0.4, 0.5) is 11.4 Å². The number of rotatable bonds is 34. The van der Waals surface area contributed by atoms with Crippen LogP contribution in [0.5, 0.6) is 0 Å². The molecule has 0 saturated heterocycles. The van der Waals surface area contributed by atoms with Crippen LogP contribution in [0.15, 0.2) is 48.5 Å². The van der Waals surface area contributed by atoms with Crippen LogP contribution >= 0.6 is 0 Å². The van der Waals surface area contributed by atoms with E-state index in [-0.39, 0.29) is 0 Å². The minimum absolute atomic E-state index is 0.998. The molecule has 0 aliphatic rings. The van der Waals surface area contributed by atoms with Crippen LogP contribution in [0.25, 0.3) is 0 Å². The molecule has 0 bridgehead atoms. The van der Waals surface area contributed by atoms with E-state index < -0.39 is 0 Å². The number of hydrogen-bond donors (Lipinski definition) is 2. The van der Waals surface area contributed by atoms with Crippen molar-refractivity contribution in [3.63, 3.8) is 0 Å². The molecule has 2 aromatic carbocycles. The van der Waals surface area contributed by atoms with Crippen LogP contribution in [0, 0.1) is 0 Å². The van der Waals surface area contributed by atoms with E-state index >= 15 is 0 Å². The first-order valence-electron chi connectivity index (χ1n) is 21.0. The molecule has 0 aliphatic carbocycles. The Bertz CT molecular complexity index is 827. The van der Waals surface area contributed by atoms with E-state index in [9.17, 15) is 0 Å². The summed E-state index contributed by atoms with van der Waals surface area (Å²) in [6.07, 6.45) is 40.7. The molecule has 2 N–H and O–H groups in total. The van der Waals surface area contributed by atoms with Gasteiger partial charge in [-0.05, 0) is 54.7 Å². The highest BCUT2D eigenvalue weighted by Crippen LogP contribution is 2.18. The summed E-state index contributed by atoms with van der Waals surface area (Å²) >= 11 is 0. The van der Waals surface area contributed by atoms with E-state index in [1.807, 2.05) is 0 Å². The van der Waals surface area contributed by atoms with Gasteiger partial charge in [-0.15, -0.1) is 0 Å². The Morgan fingerprint density at radius 3 is 0.787 bits per heavy atom. The molecule has 0 atom stereocenters. The third-order valence-electron chi connectivity index (χ3n) is 10.0. The van der Waals surface area contributed by atoms with Crippen LogP contribution < -0.4 is 10.6 Å². The van der Waals surface area contributed by atoms with Crippen molar-refractivity contribution in [1.29, 1.82) is 0 Å². The fourth-order valence-corrected chi connectivity index (χ4v) is 6.82. The predicted octanol–water partition coefficient (Wildman–Crippen LogP) is 15.1. The largest absolute Gasteiger partial charge is 0.385 e. The fourth-order valence-electron chi connectivity index (χ4n) is 6.82. The Hall–Kier alpha value is -1.96. The van der Waals surface area contributed by atoms with Crippen molar-refractivity contribution in [3.8, 4) is 0 Å². The monoisotopic (exact) mass is 647 g/mol. The topological polar surface area (TPSA) is 24.1 Å². The minimum Gasteiger partial charge on any atom is -0.385 e. The Morgan fingerprint density at radius 1 is 0.298 bits per heavy atom. The van der Waals surface area contributed by atoms with Crippen molar-refractivity contribution in [2.75, 3.05) is 23.7 Å². The zero-order valence-electron chi connectivity index (χ0n) is 31.5. The molecular weight excluding hydrogens is 569 g/mol. The molecule has 2 heteroatoms. The number of nitrogens with one attached hydrogen (secondary N) is 2. The molecule has 268 valence electrons. The smallest absolute Gasteiger partial charge is 0.0340 e. The molecule has 0 unspecified atom stereocenters. The molecule has 0 radical (unpaired) electrons. The van der Waals surface area contributed by atoms with Crippen LogP contribution in [-0.4, -0.2) is 13.1 Å². The molecule has 0 heterocycles. The summed E-state index contributed by atoms with van der Waals surface area (Å²) in [5.41, 5.74) is 5.28. The van der Waals surface area contributed by atoms with Crippen LogP contribution in [-0.2, 0) is 6.42 Å². The molecule has 0 fully saturated rings. The van der Waals surface area contributed by atoms with E-state index in [1.165, 1.54) is 202 Å². The van der Waals surface area contributed by atoms with Crippen molar-refractivity contribution in [2.24, 2.45) is 0 Å². The van der Waals surface area contributed by atoms with Gasteiger partial charge in [-0.2, -0.15) is 0 Å². The highest BCUT2D eigenvalue weighted by Gasteiger charge is 2.00. The molecule has 0 aliphatic heterocycles. The Morgan fingerprint density at radius 2 is 0.532 bits per heavy atom. The average molecular weight is 647 g/mol. The second kappa shape index (κ2) is 31.3. The van der Waals surface area contributed by atoms with Crippen molar-refractivity contribution in [1.82, 2.24) is 0 Å². The van der Waals surface area contributed by atoms with Crippen molar-refractivity contribution < 1.29 is 0 Å². The van der Waals surface area contributed by atoms with E-state index in [2.05, 4.69) is 73.0 Å². The maximum atomic E-state index is 3.63. The van der Waals surface area contributed by atoms with Crippen molar-refractivity contribution in [3.05, 3.63) is 59.7 Å². The maximum Gasteiger partial charge on any atom is 0.0340 e. The Balaban J connectivity index is 1.40. The summed E-state index contributed by atoms with van der Waals surface area (Å²) in [7, 11) is 0. The summed E-state index contributed by atoms with van der Waals surface area (Å²) < 4.78 is 0. The molecule has 2 rings (SSSR count). The Kier molecular flexibility index (Phi) is 27.5. The SMILES string of the molecule is CCCCCCCCCCCCCCCCNc1ccc(Cc2ccc(NCCCCCCCCCCCCCCCC)cc2)cc1. The maximum absolute atomic E-state index is 3.63. The molecular formula is C45H78N2. The minimum atomic E-state index is 0.998. The standard InChI is InChI=1S/C45H78N2/c1-3-5-7-9-11-13-15-17-19-21-23-25-27-29-39-46-44-35-31-42(32-36-44)41-43-33-37-45(38-34-43)47-40-30-28-26-24-22-20-18-16-14-12-10-8-6-4-2/h31-38,46-47H,3-30,39-41H2,1-2H3.